The molecule has 226 valence electrons. The molecule has 0 bridgehead atoms. The van der Waals surface area contributed by atoms with Crippen molar-refractivity contribution in [2.24, 2.45) is 5.73 Å². The first-order valence-corrected chi connectivity index (χ1v) is 13.6. The second-order valence-corrected chi connectivity index (χ2v) is 12.0. The van der Waals surface area contributed by atoms with Crippen molar-refractivity contribution < 1.29 is 38.8 Å². The number of nitrogens with two attached hydrogens (primary N) is 1. The maximum Gasteiger partial charge on any atom is 0.410 e. The molecule has 1 aromatic rings. The molecule has 2 aliphatic heterocycles. The van der Waals surface area contributed by atoms with Gasteiger partial charge in [-0.25, -0.2) is 14.4 Å². The van der Waals surface area contributed by atoms with E-state index in [-0.39, 0.29) is 31.8 Å². The van der Waals surface area contributed by atoms with Gasteiger partial charge in [-0.3, -0.25) is 0 Å². The summed E-state index contributed by atoms with van der Waals surface area (Å²) in [6.07, 6.45) is -1.90. The number of aliphatic hydroxyl groups excluding tert-OH is 2. The summed E-state index contributed by atoms with van der Waals surface area (Å²) in [5, 5.41) is 22.4. The molecule has 40 heavy (non-hydrogen) atoms. The topological polar surface area (TPSA) is 164 Å². The number of hydrogen-bond donors (Lipinski definition) is 4. The van der Waals surface area contributed by atoms with Crippen molar-refractivity contribution in [1.29, 1.82) is 0 Å². The molecule has 4 atom stereocenters. The molecule has 0 radical (unpaired) electrons. The average Bonchev–Trinajstić information content (AvgIpc) is 2.84. The standard InChI is InChI=1S/C18H26N2O5.C10H20N2O3/c1-18(2,3)25-17(23)20-10-9-14(15(21)11-20)19-16(22)24-12-13-7-5-4-6-8-13;1-10(2,3)15-9(14)12-5-4-7(11)8(13)6-12/h4-8,14-15,21H,9-12H2,1-3H3,(H,19,22);7-8,13H,4-6,11H2,1-3H3/t14-,15-;7-,8-/m11/s1. The first kappa shape index (κ1) is 33.1. The summed E-state index contributed by atoms with van der Waals surface area (Å²) in [5.74, 6) is 0. The van der Waals surface area contributed by atoms with Crippen LogP contribution in [0.3, 0.4) is 0 Å². The Morgan fingerprint density at radius 2 is 1.38 bits per heavy atom. The summed E-state index contributed by atoms with van der Waals surface area (Å²) in [4.78, 5) is 38.5. The number of likely N-dealkylation sites (tertiary alicyclic amines) is 2. The molecular formula is C28H46N4O8. The average molecular weight is 567 g/mol. The van der Waals surface area contributed by atoms with Crippen molar-refractivity contribution in [3.05, 3.63) is 35.9 Å². The number of β-amino-alcohol motifs (C(OH)–C–C–N with tert-alkyl or cyclic N) is 2. The quantitative estimate of drug-likeness (QED) is 0.403. The zero-order chi connectivity index (χ0) is 30.1. The summed E-state index contributed by atoms with van der Waals surface area (Å²) in [7, 11) is 0. The van der Waals surface area contributed by atoms with E-state index >= 15 is 0 Å². The van der Waals surface area contributed by atoms with Crippen LogP contribution < -0.4 is 11.1 Å². The maximum absolute atomic E-state index is 12.0. The number of carbonyl (C=O) groups excluding carboxylic acids is 3. The molecule has 12 nitrogen and oxygen atoms in total. The lowest BCUT2D eigenvalue weighted by Gasteiger charge is -2.36. The Morgan fingerprint density at radius 1 is 0.875 bits per heavy atom. The monoisotopic (exact) mass is 566 g/mol. The fourth-order valence-corrected chi connectivity index (χ4v) is 3.95. The highest BCUT2D eigenvalue weighted by atomic mass is 16.6. The van der Waals surface area contributed by atoms with E-state index in [1.165, 1.54) is 9.80 Å². The first-order chi connectivity index (χ1) is 18.5. The second-order valence-electron chi connectivity index (χ2n) is 12.0. The van der Waals surface area contributed by atoms with Crippen LogP contribution >= 0.6 is 0 Å². The van der Waals surface area contributed by atoms with E-state index in [2.05, 4.69) is 5.32 Å². The first-order valence-electron chi connectivity index (χ1n) is 13.6. The van der Waals surface area contributed by atoms with Gasteiger partial charge in [0.2, 0.25) is 0 Å². The van der Waals surface area contributed by atoms with Gasteiger partial charge in [-0.2, -0.15) is 0 Å². The normalized spacial score (nSPS) is 23.3. The van der Waals surface area contributed by atoms with Crippen LogP contribution in [0.15, 0.2) is 30.3 Å². The number of nitrogens with one attached hydrogen (secondary N) is 1. The number of carbonyl (C=O) groups is 3. The van der Waals surface area contributed by atoms with Crippen LogP contribution in [0.25, 0.3) is 0 Å². The van der Waals surface area contributed by atoms with Crippen LogP contribution in [-0.2, 0) is 20.8 Å². The number of piperidine rings is 2. The van der Waals surface area contributed by atoms with Gasteiger partial charge >= 0.3 is 18.3 Å². The molecule has 2 heterocycles. The molecule has 2 aliphatic rings. The van der Waals surface area contributed by atoms with Gasteiger partial charge in [-0.15, -0.1) is 0 Å². The molecular weight excluding hydrogens is 520 g/mol. The van der Waals surface area contributed by atoms with Crippen molar-refractivity contribution in [3.63, 3.8) is 0 Å². The van der Waals surface area contributed by atoms with Crippen molar-refractivity contribution in [2.45, 2.75) is 96.5 Å². The van der Waals surface area contributed by atoms with E-state index in [0.717, 1.165) is 5.56 Å². The zero-order valence-electron chi connectivity index (χ0n) is 24.5. The van der Waals surface area contributed by atoms with Crippen LogP contribution in [0.2, 0.25) is 0 Å². The summed E-state index contributed by atoms with van der Waals surface area (Å²) >= 11 is 0. The Balaban J connectivity index is 0.000000319. The number of aliphatic hydroxyl groups is 2. The lowest BCUT2D eigenvalue weighted by molar-refractivity contribution is -0.00482. The van der Waals surface area contributed by atoms with Gasteiger partial charge in [0, 0.05) is 19.1 Å². The highest BCUT2D eigenvalue weighted by Gasteiger charge is 2.34. The van der Waals surface area contributed by atoms with E-state index in [9.17, 15) is 24.6 Å². The van der Waals surface area contributed by atoms with Gasteiger partial charge in [-0.05, 0) is 59.9 Å². The third-order valence-electron chi connectivity index (χ3n) is 6.04. The van der Waals surface area contributed by atoms with Crippen LogP contribution in [0, 0.1) is 0 Å². The zero-order valence-corrected chi connectivity index (χ0v) is 24.5. The molecule has 0 aromatic heterocycles. The molecule has 12 heteroatoms. The highest BCUT2D eigenvalue weighted by Crippen LogP contribution is 2.17. The minimum Gasteiger partial charge on any atom is -0.445 e. The smallest absolute Gasteiger partial charge is 0.410 e. The summed E-state index contributed by atoms with van der Waals surface area (Å²) in [6, 6.07) is 8.66. The van der Waals surface area contributed by atoms with Gasteiger partial charge in [0.25, 0.3) is 0 Å². The van der Waals surface area contributed by atoms with Crippen molar-refractivity contribution in [3.8, 4) is 0 Å². The molecule has 1 aromatic carbocycles. The van der Waals surface area contributed by atoms with Crippen molar-refractivity contribution in [2.75, 3.05) is 26.2 Å². The molecule has 2 saturated heterocycles. The van der Waals surface area contributed by atoms with Crippen molar-refractivity contribution >= 4 is 18.3 Å². The van der Waals surface area contributed by atoms with Gasteiger partial charge in [0.15, 0.2) is 0 Å². The predicted octanol–water partition coefficient (Wildman–Crippen LogP) is 2.60. The lowest BCUT2D eigenvalue weighted by Crippen LogP contribution is -2.56. The number of nitrogens with zero attached hydrogens (tertiary/aromatic N) is 2. The maximum atomic E-state index is 12.0. The molecule has 0 spiro atoms. The molecule has 0 unspecified atom stereocenters. The highest BCUT2D eigenvalue weighted by molar-refractivity contribution is 5.69. The lowest BCUT2D eigenvalue weighted by atomic mass is 10.0. The third kappa shape index (κ3) is 12.0. The van der Waals surface area contributed by atoms with E-state index in [1.54, 1.807) is 20.8 Å². The van der Waals surface area contributed by atoms with Crippen LogP contribution in [0.1, 0.15) is 59.9 Å². The summed E-state index contributed by atoms with van der Waals surface area (Å²) < 4.78 is 15.6. The Labute approximate surface area is 236 Å². The molecule has 3 amide bonds. The Kier molecular flexibility index (Phi) is 12.0. The van der Waals surface area contributed by atoms with E-state index in [0.29, 0.717) is 25.9 Å². The Bertz CT molecular complexity index is 963. The van der Waals surface area contributed by atoms with Crippen LogP contribution in [0.4, 0.5) is 14.4 Å². The van der Waals surface area contributed by atoms with E-state index < -0.39 is 41.6 Å². The summed E-state index contributed by atoms with van der Waals surface area (Å²) in [5.41, 5.74) is 5.44. The fourth-order valence-electron chi connectivity index (χ4n) is 3.95. The van der Waals surface area contributed by atoms with Gasteiger partial charge < -0.3 is 45.3 Å². The second kappa shape index (κ2) is 14.5. The number of amides is 3. The van der Waals surface area contributed by atoms with Crippen LogP contribution in [0.5, 0.6) is 0 Å². The molecule has 5 N–H and O–H groups in total. The molecule has 3 rings (SSSR count). The Morgan fingerprint density at radius 3 is 1.85 bits per heavy atom. The van der Waals surface area contributed by atoms with Gasteiger partial charge in [0.1, 0.15) is 17.8 Å². The minimum atomic E-state index is -0.870. The predicted molar refractivity (Wildman–Crippen MR) is 148 cm³/mol. The molecule has 0 saturated carbocycles. The summed E-state index contributed by atoms with van der Waals surface area (Å²) in [6.45, 7) is 12.3. The van der Waals surface area contributed by atoms with Gasteiger partial charge in [-0.1, -0.05) is 30.3 Å². The minimum absolute atomic E-state index is 0.110. The Hall–Kier alpha value is -3.09. The number of hydrogen-bond acceptors (Lipinski definition) is 9. The number of alkyl carbamates (subject to hydrolysis) is 1. The SMILES string of the molecule is CC(C)(C)OC(=O)N1CC[C@@H](N)[C@H](O)C1.CC(C)(C)OC(=O)N1CC[C@@H](NC(=O)OCc2ccccc2)[C@H](O)C1. The number of benzene rings is 1. The third-order valence-corrected chi connectivity index (χ3v) is 6.04. The van der Waals surface area contributed by atoms with Crippen molar-refractivity contribution in [1.82, 2.24) is 15.1 Å². The number of rotatable bonds is 3. The van der Waals surface area contributed by atoms with E-state index in [1.807, 2.05) is 51.1 Å². The largest absolute Gasteiger partial charge is 0.445 e. The number of ether oxygens (including phenoxy) is 3. The molecule has 0 aliphatic carbocycles. The van der Waals surface area contributed by atoms with Crippen LogP contribution in [-0.4, -0.2) is 100.0 Å². The molecule has 2 fully saturated rings. The fraction of sp³-hybridized carbons (Fsp3) is 0.679. The van der Waals surface area contributed by atoms with Gasteiger partial charge in [0.05, 0.1) is 31.3 Å². The van der Waals surface area contributed by atoms with E-state index in [4.69, 9.17) is 19.9 Å².